The monoisotopic (exact) mass is 413 g/mol. The van der Waals surface area contributed by atoms with Crippen LogP contribution < -0.4 is 0 Å². The van der Waals surface area contributed by atoms with Crippen LogP contribution in [-0.4, -0.2) is 54.9 Å². The van der Waals surface area contributed by atoms with Crippen LogP contribution in [0.15, 0.2) is 51.9 Å². The van der Waals surface area contributed by atoms with Crippen molar-refractivity contribution in [1.82, 2.24) is 14.4 Å². The van der Waals surface area contributed by atoms with Gasteiger partial charge in [0.2, 0.25) is 15.9 Å². The fourth-order valence-electron chi connectivity index (χ4n) is 3.62. The molecule has 7 nitrogen and oxygen atoms in total. The van der Waals surface area contributed by atoms with Crippen LogP contribution in [0.2, 0.25) is 0 Å². The number of benzene rings is 2. The predicted molar refractivity (Wildman–Crippen MR) is 109 cm³/mol. The number of sulfonamides is 1. The molecule has 0 atom stereocenters. The van der Waals surface area contributed by atoms with Gasteiger partial charge in [0.25, 0.3) is 0 Å². The zero-order valence-electron chi connectivity index (χ0n) is 16.5. The van der Waals surface area contributed by atoms with E-state index in [0.717, 1.165) is 16.5 Å². The van der Waals surface area contributed by atoms with Crippen LogP contribution >= 0.6 is 0 Å². The molecule has 152 valence electrons. The number of hydrogen-bond donors (Lipinski definition) is 0. The molecule has 1 amide bonds. The maximum atomic E-state index is 13.0. The molecule has 1 fully saturated rings. The lowest BCUT2D eigenvalue weighted by Crippen LogP contribution is -2.51. The van der Waals surface area contributed by atoms with Gasteiger partial charge in [-0.05, 0) is 43.2 Å². The third-order valence-corrected chi connectivity index (χ3v) is 7.36. The second kappa shape index (κ2) is 7.61. The summed E-state index contributed by atoms with van der Waals surface area (Å²) in [5, 5.41) is 4.84. The second-order valence-electron chi connectivity index (χ2n) is 7.36. The van der Waals surface area contributed by atoms with E-state index in [1.165, 1.54) is 4.31 Å². The summed E-state index contributed by atoms with van der Waals surface area (Å²) in [4.78, 5) is 14.7. The highest BCUT2D eigenvalue weighted by molar-refractivity contribution is 7.89. The minimum atomic E-state index is -3.58. The molecule has 0 bridgehead atoms. The number of piperazine rings is 1. The molecule has 2 aromatic carbocycles. The summed E-state index contributed by atoms with van der Waals surface area (Å²) in [7, 11) is -3.58. The van der Waals surface area contributed by atoms with Crippen LogP contribution in [0.25, 0.3) is 11.0 Å². The molecule has 0 radical (unpaired) electrons. The molecule has 0 unspecified atom stereocenters. The lowest BCUT2D eigenvalue weighted by molar-refractivity contribution is -0.131. The van der Waals surface area contributed by atoms with Crippen LogP contribution in [0.1, 0.15) is 16.8 Å². The van der Waals surface area contributed by atoms with Crippen molar-refractivity contribution < 1.29 is 17.7 Å². The van der Waals surface area contributed by atoms with Gasteiger partial charge in [-0.2, -0.15) is 4.31 Å². The van der Waals surface area contributed by atoms with Crippen molar-refractivity contribution in [2.24, 2.45) is 0 Å². The number of carbonyl (C=O) groups is 1. The molecule has 1 saturated heterocycles. The summed E-state index contributed by atoms with van der Waals surface area (Å²) in [6.07, 6.45) is 0.140. The molecule has 2 heterocycles. The number of fused-ring (bicyclic) bond motifs is 1. The first-order chi connectivity index (χ1) is 13.9. The first kappa shape index (κ1) is 19.6. The molecule has 1 aliphatic rings. The van der Waals surface area contributed by atoms with Gasteiger partial charge in [0.15, 0.2) is 5.58 Å². The van der Waals surface area contributed by atoms with Crippen molar-refractivity contribution in [1.29, 1.82) is 0 Å². The van der Waals surface area contributed by atoms with Crippen molar-refractivity contribution in [2.75, 3.05) is 26.2 Å². The van der Waals surface area contributed by atoms with Crippen LogP contribution in [0.3, 0.4) is 0 Å². The molecule has 8 heteroatoms. The molecule has 3 aromatic rings. The van der Waals surface area contributed by atoms with E-state index >= 15 is 0 Å². The third kappa shape index (κ3) is 3.77. The Labute approximate surface area is 169 Å². The molecule has 0 saturated carbocycles. The van der Waals surface area contributed by atoms with E-state index in [2.05, 4.69) is 5.16 Å². The number of nitrogens with zero attached hydrogens (tertiary/aromatic N) is 3. The van der Waals surface area contributed by atoms with Gasteiger partial charge in [0.1, 0.15) is 5.69 Å². The van der Waals surface area contributed by atoms with E-state index in [4.69, 9.17) is 4.52 Å². The van der Waals surface area contributed by atoms with E-state index in [9.17, 15) is 13.2 Å². The fourth-order valence-corrected chi connectivity index (χ4v) is 5.35. The van der Waals surface area contributed by atoms with Crippen molar-refractivity contribution in [3.05, 3.63) is 59.3 Å². The number of rotatable bonds is 4. The van der Waals surface area contributed by atoms with Gasteiger partial charge in [0.05, 0.1) is 11.3 Å². The topological polar surface area (TPSA) is 83.7 Å². The quantitative estimate of drug-likeness (QED) is 0.656. The van der Waals surface area contributed by atoms with Crippen LogP contribution in [0.4, 0.5) is 0 Å². The Morgan fingerprint density at radius 3 is 2.55 bits per heavy atom. The van der Waals surface area contributed by atoms with E-state index < -0.39 is 10.0 Å². The van der Waals surface area contributed by atoms with Gasteiger partial charge in [-0.15, -0.1) is 0 Å². The van der Waals surface area contributed by atoms with Crippen LogP contribution in [0, 0.1) is 13.8 Å². The minimum Gasteiger partial charge on any atom is -0.356 e. The van der Waals surface area contributed by atoms with Crippen molar-refractivity contribution >= 4 is 26.9 Å². The molecule has 0 spiro atoms. The number of aromatic nitrogens is 1. The Balaban J connectivity index is 1.43. The van der Waals surface area contributed by atoms with Gasteiger partial charge in [-0.3, -0.25) is 4.79 Å². The summed E-state index contributed by atoms with van der Waals surface area (Å²) in [6.45, 7) is 4.95. The average Bonchev–Trinajstić information content (AvgIpc) is 3.12. The second-order valence-corrected chi connectivity index (χ2v) is 9.26. The Morgan fingerprint density at radius 1 is 1.07 bits per heavy atom. The maximum absolute atomic E-state index is 13.0. The van der Waals surface area contributed by atoms with E-state index in [1.807, 2.05) is 43.3 Å². The Kier molecular flexibility index (Phi) is 5.14. The summed E-state index contributed by atoms with van der Waals surface area (Å²) < 4.78 is 32.8. The SMILES string of the molecule is Cc1ccc(C)c(S(=O)(=O)N2CCN(C(=O)Cc3noc4ccccc34)CC2)c1. The normalized spacial score (nSPS) is 15.7. The number of carbonyl (C=O) groups excluding carboxylic acids is 1. The Hall–Kier alpha value is -2.71. The number of amides is 1. The van der Waals surface area contributed by atoms with Gasteiger partial charge in [0, 0.05) is 31.6 Å². The zero-order valence-corrected chi connectivity index (χ0v) is 17.3. The summed E-state index contributed by atoms with van der Waals surface area (Å²) in [5.74, 6) is -0.0761. The molecular weight excluding hydrogens is 390 g/mol. The molecule has 0 N–H and O–H groups in total. The smallest absolute Gasteiger partial charge is 0.243 e. The van der Waals surface area contributed by atoms with Gasteiger partial charge in [-0.1, -0.05) is 29.4 Å². The Morgan fingerprint density at radius 2 is 1.79 bits per heavy atom. The molecule has 1 aromatic heterocycles. The Bertz CT molecular complexity index is 1160. The molecule has 29 heavy (non-hydrogen) atoms. The number of hydrogen-bond acceptors (Lipinski definition) is 5. The van der Waals surface area contributed by atoms with Gasteiger partial charge in [-0.25, -0.2) is 8.42 Å². The first-order valence-electron chi connectivity index (χ1n) is 9.55. The number of para-hydroxylation sites is 1. The molecule has 0 aliphatic carbocycles. The lowest BCUT2D eigenvalue weighted by atomic mass is 10.1. The average molecular weight is 413 g/mol. The minimum absolute atomic E-state index is 0.0761. The summed E-state index contributed by atoms with van der Waals surface area (Å²) in [5.41, 5.74) is 2.89. The van der Waals surface area contributed by atoms with Gasteiger partial charge >= 0.3 is 0 Å². The third-order valence-electron chi connectivity index (χ3n) is 5.32. The summed E-state index contributed by atoms with van der Waals surface area (Å²) in [6, 6.07) is 12.9. The van der Waals surface area contributed by atoms with Crippen molar-refractivity contribution in [3.63, 3.8) is 0 Å². The van der Waals surface area contributed by atoms with E-state index in [-0.39, 0.29) is 25.4 Å². The predicted octanol–water partition coefficient (Wildman–Crippen LogP) is 2.52. The zero-order chi connectivity index (χ0) is 20.6. The van der Waals surface area contributed by atoms with Crippen LogP contribution in [0.5, 0.6) is 0 Å². The highest BCUT2D eigenvalue weighted by Crippen LogP contribution is 2.23. The standard InChI is InChI=1S/C21H23N3O4S/c1-15-7-8-16(2)20(13-15)29(26,27)24-11-9-23(10-12-24)21(25)14-18-17-5-3-4-6-19(17)28-22-18/h3-8,13H,9-12,14H2,1-2H3. The molecular formula is C21H23N3O4S. The lowest BCUT2D eigenvalue weighted by Gasteiger charge is -2.34. The molecule has 4 rings (SSSR count). The largest absolute Gasteiger partial charge is 0.356 e. The van der Waals surface area contributed by atoms with E-state index in [0.29, 0.717) is 29.3 Å². The first-order valence-corrected chi connectivity index (χ1v) is 11.0. The van der Waals surface area contributed by atoms with Gasteiger partial charge < -0.3 is 9.42 Å². The summed E-state index contributed by atoms with van der Waals surface area (Å²) >= 11 is 0. The highest BCUT2D eigenvalue weighted by atomic mass is 32.2. The highest BCUT2D eigenvalue weighted by Gasteiger charge is 2.31. The molecule has 1 aliphatic heterocycles. The van der Waals surface area contributed by atoms with Crippen molar-refractivity contribution in [2.45, 2.75) is 25.2 Å². The number of aryl methyl sites for hydroxylation is 2. The van der Waals surface area contributed by atoms with Crippen LogP contribution in [-0.2, 0) is 21.2 Å². The van der Waals surface area contributed by atoms with Crippen molar-refractivity contribution in [3.8, 4) is 0 Å². The van der Waals surface area contributed by atoms with E-state index in [1.54, 1.807) is 17.9 Å². The fraction of sp³-hybridized carbons (Fsp3) is 0.333. The maximum Gasteiger partial charge on any atom is 0.243 e.